The van der Waals surface area contributed by atoms with Gasteiger partial charge in [-0.3, -0.25) is 0 Å². The number of imidazole rings is 1. The van der Waals surface area contributed by atoms with E-state index in [0.717, 1.165) is 23.6 Å². The quantitative estimate of drug-likeness (QED) is 0.715. The van der Waals surface area contributed by atoms with E-state index in [2.05, 4.69) is 30.9 Å². The lowest BCUT2D eigenvalue weighted by atomic mass is 10.2. The Bertz CT molecular complexity index is 776. The van der Waals surface area contributed by atoms with Crippen LogP contribution in [0.5, 0.6) is 0 Å². The molecule has 3 N–H and O–H groups in total. The smallest absolute Gasteiger partial charge is 0.182 e. The average Bonchev–Trinajstić information content (AvgIpc) is 3.21. The Labute approximate surface area is 122 Å². The van der Waals surface area contributed by atoms with Gasteiger partial charge in [-0.15, -0.1) is 0 Å². The van der Waals surface area contributed by atoms with Crippen molar-refractivity contribution >= 4 is 22.7 Å². The zero-order chi connectivity index (χ0) is 14.2. The van der Waals surface area contributed by atoms with E-state index in [4.69, 9.17) is 5.73 Å². The molecule has 0 radical (unpaired) electrons. The fourth-order valence-corrected chi connectivity index (χ4v) is 2.62. The van der Waals surface area contributed by atoms with Crippen molar-refractivity contribution in [2.24, 2.45) is 0 Å². The monoisotopic (exact) mass is 280 g/mol. The first kappa shape index (κ1) is 12.1. The number of nitrogens with two attached hydrogens (primary N) is 1. The first-order chi connectivity index (χ1) is 10.3. The van der Waals surface area contributed by atoms with Crippen LogP contribution < -0.4 is 10.6 Å². The van der Waals surface area contributed by atoms with Crippen molar-refractivity contribution in [2.45, 2.75) is 25.4 Å². The second-order valence-electron chi connectivity index (χ2n) is 5.40. The molecule has 1 aliphatic carbocycles. The summed E-state index contributed by atoms with van der Waals surface area (Å²) in [6.07, 6.45) is 5.63. The van der Waals surface area contributed by atoms with Crippen molar-refractivity contribution in [3.05, 3.63) is 42.5 Å². The predicted octanol–water partition coefficient (Wildman–Crippen LogP) is 2.10. The number of fused-ring (bicyclic) bond motifs is 1. The lowest BCUT2D eigenvalue weighted by Crippen LogP contribution is -2.26. The number of anilines is 2. The van der Waals surface area contributed by atoms with Crippen molar-refractivity contribution in [1.29, 1.82) is 0 Å². The van der Waals surface area contributed by atoms with Crippen molar-refractivity contribution in [1.82, 2.24) is 19.9 Å². The van der Waals surface area contributed by atoms with Crippen molar-refractivity contribution in [3.8, 4) is 0 Å². The number of H-pyrrole nitrogens is 1. The van der Waals surface area contributed by atoms with Crippen LogP contribution in [0.2, 0.25) is 0 Å². The normalized spacial score (nSPS) is 14.5. The molecule has 0 amide bonds. The van der Waals surface area contributed by atoms with Crippen molar-refractivity contribution in [3.63, 3.8) is 0 Å². The highest BCUT2D eigenvalue weighted by molar-refractivity contribution is 5.83. The van der Waals surface area contributed by atoms with Crippen LogP contribution >= 0.6 is 0 Å². The molecular formula is C15H16N6. The number of nitrogens with one attached hydrogen (secondary N) is 1. The Morgan fingerprint density at radius 3 is 2.95 bits per heavy atom. The average molecular weight is 280 g/mol. The summed E-state index contributed by atoms with van der Waals surface area (Å²) in [5.74, 6) is 0.919. The van der Waals surface area contributed by atoms with Crippen LogP contribution in [0, 0.1) is 0 Å². The Balaban J connectivity index is 1.73. The van der Waals surface area contributed by atoms with E-state index in [-0.39, 0.29) is 0 Å². The molecule has 2 heterocycles. The molecule has 1 saturated carbocycles. The van der Waals surface area contributed by atoms with E-state index in [1.165, 1.54) is 18.4 Å². The van der Waals surface area contributed by atoms with Crippen LogP contribution in [0.25, 0.3) is 11.2 Å². The molecule has 0 saturated heterocycles. The van der Waals surface area contributed by atoms with Gasteiger partial charge in [0, 0.05) is 18.3 Å². The predicted molar refractivity (Wildman–Crippen MR) is 81.7 cm³/mol. The molecule has 1 aromatic carbocycles. The first-order valence-corrected chi connectivity index (χ1v) is 7.06. The molecule has 6 heteroatoms. The molecule has 21 heavy (non-hydrogen) atoms. The van der Waals surface area contributed by atoms with Gasteiger partial charge in [0.25, 0.3) is 0 Å². The van der Waals surface area contributed by atoms with Crippen LogP contribution in [0.15, 0.2) is 36.9 Å². The first-order valence-electron chi connectivity index (χ1n) is 7.06. The highest BCUT2D eigenvalue weighted by Gasteiger charge is 2.31. The van der Waals surface area contributed by atoms with Gasteiger partial charge in [0.2, 0.25) is 0 Å². The molecule has 106 valence electrons. The molecule has 0 unspecified atom stereocenters. The Hall–Kier alpha value is -2.63. The van der Waals surface area contributed by atoms with Crippen LogP contribution in [-0.2, 0) is 6.54 Å². The highest BCUT2D eigenvalue weighted by atomic mass is 15.3. The van der Waals surface area contributed by atoms with E-state index in [1.54, 1.807) is 12.7 Å². The van der Waals surface area contributed by atoms with Gasteiger partial charge in [-0.2, -0.15) is 0 Å². The molecule has 1 fully saturated rings. The summed E-state index contributed by atoms with van der Waals surface area (Å²) in [6.45, 7) is 0.792. The van der Waals surface area contributed by atoms with Gasteiger partial charge < -0.3 is 15.6 Å². The Kier molecular flexibility index (Phi) is 2.73. The Morgan fingerprint density at radius 1 is 1.24 bits per heavy atom. The second kappa shape index (κ2) is 4.73. The van der Waals surface area contributed by atoms with Gasteiger partial charge in [0.1, 0.15) is 11.8 Å². The van der Waals surface area contributed by atoms with E-state index in [9.17, 15) is 0 Å². The third kappa shape index (κ3) is 2.29. The fourth-order valence-electron chi connectivity index (χ4n) is 2.62. The topological polar surface area (TPSA) is 83.7 Å². The molecule has 0 aliphatic heterocycles. The number of aromatic amines is 1. The van der Waals surface area contributed by atoms with E-state index in [1.807, 2.05) is 18.2 Å². The third-order valence-corrected chi connectivity index (χ3v) is 3.77. The van der Waals surface area contributed by atoms with Crippen molar-refractivity contribution in [2.75, 3.05) is 10.6 Å². The largest absolute Gasteiger partial charge is 0.399 e. The summed E-state index contributed by atoms with van der Waals surface area (Å²) in [5, 5.41) is 0. The van der Waals surface area contributed by atoms with E-state index >= 15 is 0 Å². The number of rotatable bonds is 4. The van der Waals surface area contributed by atoms with E-state index < -0.39 is 0 Å². The SMILES string of the molecule is Nc1cccc(CN(c2ncnc3nc[nH]c23)C2CC2)c1. The van der Waals surface area contributed by atoms with Crippen LogP contribution in [0.4, 0.5) is 11.5 Å². The lowest BCUT2D eigenvalue weighted by Gasteiger charge is -2.23. The maximum Gasteiger partial charge on any atom is 0.182 e. The second-order valence-corrected chi connectivity index (χ2v) is 5.40. The lowest BCUT2D eigenvalue weighted by molar-refractivity contribution is 0.780. The van der Waals surface area contributed by atoms with Gasteiger partial charge >= 0.3 is 0 Å². The number of nitrogen functional groups attached to an aromatic ring is 1. The molecule has 0 atom stereocenters. The summed E-state index contributed by atoms with van der Waals surface area (Å²) in [6, 6.07) is 8.54. The molecule has 0 spiro atoms. The van der Waals surface area contributed by atoms with Crippen LogP contribution in [0.1, 0.15) is 18.4 Å². The van der Waals surface area contributed by atoms with Gasteiger partial charge in [-0.25, -0.2) is 15.0 Å². The summed E-state index contributed by atoms with van der Waals surface area (Å²) in [4.78, 5) is 18.3. The van der Waals surface area contributed by atoms with Gasteiger partial charge in [-0.05, 0) is 30.5 Å². The van der Waals surface area contributed by atoms with Gasteiger partial charge in [0.05, 0.1) is 6.33 Å². The summed E-state index contributed by atoms with van der Waals surface area (Å²) < 4.78 is 0. The fraction of sp³-hybridized carbons (Fsp3) is 0.267. The zero-order valence-corrected chi connectivity index (χ0v) is 11.5. The maximum absolute atomic E-state index is 5.88. The standard InChI is InChI=1S/C15H16N6/c16-11-3-1-2-10(6-11)7-21(12-4-5-12)15-13-14(18-8-17-13)19-9-20-15/h1-3,6,8-9,12H,4-5,7,16H2,(H,17,18,19,20). The molecule has 6 nitrogen and oxygen atoms in total. The summed E-state index contributed by atoms with van der Waals surface area (Å²) in [5.41, 5.74) is 9.46. The molecule has 3 aromatic rings. The minimum absolute atomic E-state index is 0.535. The molecule has 4 rings (SSSR count). The van der Waals surface area contributed by atoms with Gasteiger partial charge in [-0.1, -0.05) is 12.1 Å². The minimum atomic E-state index is 0.535. The van der Waals surface area contributed by atoms with Crippen molar-refractivity contribution < 1.29 is 0 Å². The third-order valence-electron chi connectivity index (χ3n) is 3.77. The number of benzene rings is 1. The number of nitrogens with zero attached hydrogens (tertiary/aromatic N) is 4. The molecule has 2 aromatic heterocycles. The summed E-state index contributed by atoms with van der Waals surface area (Å²) >= 11 is 0. The van der Waals surface area contributed by atoms with Gasteiger partial charge in [0.15, 0.2) is 11.5 Å². The number of hydrogen-bond donors (Lipinski definition) is 2. The number of aromatic nitrogens is 4. The van der Waals surface area contributed by atoms with Crippen LogP contribution in [0.3, 0.4) is 0 Å². The zero-order valence-electron chi connectivity index (χ0n) is 11.5. The highest BCUT2D eigenvalue weighted by Crippen LogP contribution is 2.34. The number of hydrogen-bond acceptors (Lipinski definition) is 5. The maximum atomic E-state index is 5.88. The molecular weight excluding hydrogens is 264 g/mol. The Morgan fingerprint density at radius 2 is 2.14 bits per heavy atom. The van der Waals surface area contributed by atoms with Crippen LogP contribution in [-0.4, -0.2) is 26.0 Å². The summed E-state index contributed by atoms with van der Waals surface area (Å²) in [7, 11) is 0. The molecule has 1 aliphatic rings. The minimum Gasteiger partial charge on any atom is -0.399 e. The van der Waals surface area contributed by atoms with E-state index in [0.29, 0.717) is 11.7 Å². The molecule has 0 bridgehead atoms.